The van der Waals surface area contributed by atoms with Crippen LogP contribution in [-0.2, 0) is 19.0 Å². The molecule has 3 heterocycles. The summed E-state index contributed by atoms with van der Waals surface area (Å²) in [6, 6.07) is 0. The number of hydrogen-bond acceptors (Lipinski definition) is 6. The zero-order valence-corrected chi connectivity index (χ0v) is 20.7. The van der Waals surface area contributed by atoms with E-state index in [9.17, 15) is 15.0 Å². The van der Waals surface area contributed by atoms with Crippen LogP contribution in [0.1, 0.15) is 72.6 Å². The molecule has 0 radical (unpaired) electrons. The zero-order chi connectivity index (χ0) is 23.3. The van der Waals surface area contributed by atoms with Crippen LogP contribution in [0.15, 0.2) is 0 Å². The van der Waals surface area contributed by atoms with Gasteiger partial charge < -0.3 is 24.4 Å². The minimum absolute atomic E-state index is 0.149. The highest BCUT2D eigenvalue weighted by Crippen LogP contribution is 2.69. The molecular formula is C27H42O6. The summed E-state index contributed by atoms with van der Waals surface area (Å²) < 4.78 is 19.2. The van der Waals surface area contributed by atoms with E-state index in [1.54, 1.807) is 0 Å². The van der Waals surface area contributed by atoms with Gasteiger partial charge in [0, 0.05) is 12.3 Å². The highest BCUT2D eigenvalue weighted by molar-refractivity contribution is 5.74. The van der Waals surface area contributed by atoms with Crippen molar-refractivity contribution in [1.29, 1.82) is 0 Å². The Morgan fingerprint density at radius 3 is 2.45 bits per heavy atom. The molecule has 3 aliphatic heterocycles. The molecule has 0 aromatic carbocycles. The average molecular weight is 463 g/mol. The van der Waals surface area contributed by atoms with Gasteiger partial charge in [0.1, 0.15) is 0 Å². The first-order valence-electron chi connectivity index (χ1n) is 13.4. The van der Waals surface area contributed by atoms with E-state index >= 15 is 0 Å². The minimum atomic E-state index is -0.837. The Morgan fingerprint density at radius 2 is 1.73 bits per heavy atom. The lowest BCUT2D eigenvalue weighted by atomic mass is 9.48. The minimum Gasteiger partial charge on any atom is -0.465 e. The van der Waals surface area contributed by atoms with E-state index in [2.05, 4.69) is 27.7 Å². The SMILES string of the molecule is C[C@@H]1CC[C@@]2(OC1)O[C@H]1C[C@H]3[C@@H]4COC(=O)[C@H]5C[C@H](O)[C@H](O)C[C@]5(C)[C@H]4CC[C@]3(C)[C@H]1[C@@H]2C. The molecule has 3 saturated heterocycles. The molecule has 3 aliphatic carbocycles. The summed E-state index contributed by atoms with van der Waals surface area (Å²) in [6.45, 7) is 10.5. The summed E-state index contributed by atoms with van der Waals surface area (Å²) in [7, 11) is 0. The highest BCUT2D eigenvalue weighted by atomic mass is 16.7. The maximum atomic E-state index is 13.0. The Hall–Kier alpha value is -0.690. The quantitative estimate of drug-likeness (QED) is 0.536. The number of fused-ring (bicyclic) bond motifs is 7. The fraction of sp³-hybridized carbons (Fsp3) is 0.963. The van der Waals surface area contributed by atoms with Crippen molar-refractivity contribution < 1.29 is 29.2 Å². The number of rotatable bonds is 0. The van der Waals surface area contributed by atoms with Gasteiger partial charge in [-0.3, -0.25) is 4.79 Å². The lowest BCUT2D eigenvalue weighted by Crippen LogP contribution is -2.55. The topological polar surface area (TPSA) is 85.2 Å². The standard InChI is InChI=1S/C27H42O6/c1-14-5-8-27(32-12-14)15(2)23-22(33-27)10-18-16-13-31-24(30)19-9-20(28)21(29)11-26(19,4)17(16)6-7-25(18,23)3/h14-23,28-29H,5-13H2,1-4H3/t14-,15+,16-,17+,18+,19-,20+,21-,22+,23+,25+,26-,27-/m1/s1. The van der Waals surface area contributed by atoms with Crippen LogP contribution in [0.4, 0.5) is 0 Å². The van der Waals surface area contributed by atoms with Crippen LogP contribution in [0, 0.1) is 52.3 Å². The highest BCUT2D eigenvalue weighted by Gasteiger charge is 2.69. The molecule has 0 amide bonds. The molecule has 0 aromatic heterocycles. The molecule has 6 heteroatoms. The van der Waals surface area contributed by atoms with E-state index in [-0.39, 0.29) is 34.7 Å². The predicted molar refractivity (Wildman–Crippen MR) is 121 cm³/mol. The lowest BCUT2D eigenvalue weighted by molar-refractivity contribution is -0.272. The number of cyclic esters (lactones) is 1. The molecular weight excluding hydrogens is 420 g/mol. The van der Waals surface area contributed by atoms with Crippen molar-refractivity contribution in [3.8, 4) is 0 Å². The molecule has 3 saturated carbocycles. The van der Waals surface area contributed by atoms with Crippen molar-refractivity contribution in [3.63, 3.8) is 0 Å². The van der Waals surface area contributed by atoms with Crippen molar-refractivity contribution in [2.24, 2.45) is 52.3 Å². The molecule has 6 rings (SSSR count). The summed E-state index contributed by atoms with van der Waals surface area (Å²) in [4.78, 5) is 13.0. The molecule has 13 atom stereocenters. The smallest absolute Gasteiger partial charge is 0.309 e. The van der Waals surface area contributed by atoms with Crippen LogP contribution in [0.3, 0.4) is 0 Å². The number of aliphatic hydroxyl groups is 2. The van der Waals surface area contributed by atoms with Crippen molar-refractivity contribution in [2.45, 2.75) is 96.7 Å². The lowest BCUT2D eigenvalue weighted by Gasteiger charge is -2.56. The van der Waals surface area contributed by atoms with E-state index in [4.69, 9.17) is 14.2 Å². The first kappa shape index (κ1) is 22.8. The second kappa shape index (κ2) is 7.41. The Kier molecular flexibility index (Phi) is 5.11. The van der Waals surface area contributed by atoms with Gasteiger partial charge in [0.2, 0.25) is 0 Å². The van der Waals surface area contributed by atoms with Crippen molar-refractivity contribution in [2.75, 3.05) is 13.2 Å². The second-order valence-corrected chi connectivity index (χ2v) is 13.2. The third-order valence-corrected chi connectivity index (χ3v) is 11.6. The number of hydrogen-bond donors (Lipinski definition) is 2. The zero-order valence-electron chi connectivity index (χ0n) is 20.7. The van der Waals surface area contributed by atoms with Gasteiger partial charge in [0.05, 0.1) is 37.4 Å². The summed E-state index contributed by atoms with van der Waals surface area (Å²) in [6.07, 6.45) is 4.74. The maximum Gasteiger partial charge on any atom is 0.309 e. The van der Waals surface area contributed by atoms with E-state index in [1.807, 2.05) is 0 Å². The van der Waals surface area contributed by atoms with Gasteiger partial charge >= 0.3 is 5.97 Å². The van der Waals surface area contributed by atoms with E-state index in [0.29, 0.717) is 49.0 Å². The fourth-order valence-corrected chi connectivity index (χ4v) is 9.81. The van der Waals surface area contributed by atoms with Gasteiger partial charge in [-0.15, -0.1) is 0 Å². The van der Waals surface area contributed by atoms with Crippen LogP contribution >= 0.6 is 0 Å². The fourth-order valence-electron chi connectivity index (χ4n) is 9.81. The van der Waals surface area contributed by atoms with Crippen molar-refractivity contribution in [3.05, 3.63) is 0 Å². The molecule has 6 aliphatic rings. The maximum absolute atomic E-state index is 13.0. The van der Waals surface area contributed by atoms with Crippen LogP contribution < -0.4 is 0 Å². The van der Waals surface area contributed by atoms with E-state index in [1.165, 1.54) is 6.42 Å². The van der Waals surface area contributed by atoms with Crippen LogP contribution in [0.25, 0.3) is 0 Å². The van der Waals surface area contributed by atoms with Crippen LogP contribution in [0.5, 0.6) is 0 Å². The van der Waals surface area contributed by atoms with E-state index in [0.717, 1.165) is 32.3 Å². The van der Waals surface area contributed by atoms with Gasteiger partial charge in [0.15, 0.2) is 5.79 Å². The van der Waals surface area contributed by atoms with Crippen LogP contribution in [0.2, 0.25) is 0 Å². The summed E-state index contributed by atoms with van der Waals surface area (Å²) >= 11 is 0. The Bertz CT molecular complexity index is 806. The number of ether oxygens (including phenoxy) is 3. The van der Waals surface area contributed by atoms with Gasteiger partial charge in [-0.05, 0) is 78.9 Å². The molecule has 186 valence electrons. The molecule has 6 fully saturated rings. The molecule has 2 N–H and O–H groups in total. The second-order valence-electron chi connectivity index (χ2n) is 13.2. The van der Waals surface area contributed by atoms with Crippen molar-refractivity contribution in [1.82, 2.24) is 0 Å². The Morgan fingerprint density at radius 1 is 0.939 bits per heavy atom. The largest absolute Gasteiger partial charge is 0.465 e. The van der Waals surface area contributed by atoms with Crippen LogP contribution in [-0.4, -0.2) is 53.5 Å². The average Bonchev–Trinajstić information content (AvgIpc) is 3.17. The van der Waals surface area contributed by atoms with Gasteiger partial charge in [-0.1, -0.05) is 27.7 Å². The number of esters is 1. The van der Waals surface area contributed by atoms with Crippen molar-refractivity contribution >= 4 is 5.97 Å². The van der Waals surface area contributed by atoms with Gasteiger partial charge in [0.25, 0.3) is 0 Å². The molecule has 0 bridgehead atoms. The predicted octanol–water partition coefficient (Wildman–Crippen LogP) is 3.53. The molecule has 1 spiro atoms. The monoisotopic (exact) mass is 462 g/mol. The Balaban J connectivity index is 1.30. The summed E-state index contributed by atoms with van der Waals surface area (Å²) in [5, 5.41) is 20.9. The van der Waals surface area contributed by atoms with Gasteiger partial charge in [-0.25, -0.2) is 0 Å². The van der Waals surface area contributed by atoms with Gasteiger partial charge in [-0.2, -0.15) is 0 Å². The molecule has 0 unspecified atom stereocenters. The third kappa shape index (κ3) is 3.02. The first-order valence-corrected chi connectivity index (χ1v) is 13.4. The first-order chi connectivity index (χ1) is 15.6. The third-order valence-electron chi connectivity index (χ3n) is 11.6. The summed E-state index contributed by atoms with van der Waals surface area (Å²) in [5.74, 6) is 1.58. The normalized spacial score (nSPS) is 60.4. The number of aliphatic hydroxyl groups excluding tert-OH is 2. The number of carbonyl (C=O) groups excluding carboxylic acids is 1. The van der Waals surface area contributed by atoms with E-state index < -0.39 is 18.0 Å². The molecule has 33 heavy (non-hydrogen) atoms. The number of carbonyl (C=O) groups is 1. The summed E-state index contributed by atoms with van der Waals surface area (Å²) in [5.41, 5.74) is -0.178. The molecule has 6 nitrogen and oxygen atoms in total. The molecule has 0 aromatic rings. The Labute approximate surface area is 197 Å².